The molecule has 2 rings (SSSR count). The van der Waals surface area contributed by atoms with E-state index in [9.17, 15) is 14.4 Å². The maximum Gasteiger partial charge on any atom is 0.337 e. The predicted molar refractivity (Wildman–Crippen MR) is 62.1 cm³/mol. The molecule has 0 aliphatic carbocycles. The number of rotatable bonds is 1. The van der Waals surface area contributed by atoms with Crippen molar-refractivity contribution < 1.29 is 4.79 Å². The van der Waals surface area contributed by atoms with Gasteiger partial charge in [0.25, 0.3) is 11.5 Å². The van der Waals surface area contributed by atoms with Crippen LogP contribution in [0.2, 0.25) is 0 Å². The second-order valence-electron chi connectivity index (χ2n) is 3.55. The van der Waals surface area contributed by atoms with E-state index in [0.29, 0.717) is 10.1 Å². The van der Waals surface area contributed by atoms with Gasteiger partial charge in [-0.25, -0.2) is 4.79 Å². The van der Waals surface area contributed by atoms with Crippen LogP contribution in [0.15, 0.2) is 52.2 Å². The summed E-state index contributed by atoms with van der Waals surface area (Å²) in [5, 5.41) is 0. The molecule has 1 aromatic carbocycles. The molecule has 5 nitrogen and oxygen atoms in total. The van der Waals surface area contributed by atoms with E-state index in [1.165, 1.54) is 23.9 Å². The lowest BCUT2D eigenvalue weighted by Gasteiger charge is -2.04. The molecule has 0 saturated carbocycles. The number of carbonyl (C=O) groups is 1. The Labute approximate surface area is 96.6 Å². The molecule has 0 spiro atoms. The predicted octanol–water partition coefficient (Wildman–Crippen LogP) is 0.236. The summed E-state index contributed by atoms with van der Waals surface area (Å²) in [4.78, 5) is 35.2. The maximum atomic E-state index is 12.0. The monoisotopic (exact) mass is 230 g/mol. The van der Waals surface area contributed by atoms with Crippen LogP contribution in [0.25, 0.3) is 0 Å². The van der Waals surface area contributed by atoms with Gasteiger partial charge in [-0.3, -0.25) is 9.59 Å². The lowest BCUT2D eigenvalue weighted by Crippen LogP contribution is -2.42. The topological polar surface area (TPSA) is 61.1 Å². The Morgan fingerprint density at radius 1 is 1.06 bits per heavy atom. The zero-order chi connectivity index (χ0) is 12.4. The van der Waals surface area contributed by atoms with Crippen LogP contribution in [-0.2, 0) is 7.05 Å². The first-order chi connectivity index (χ1) is 8.11. The summed E-state index contributed by atoms with van der Waals surface area (Å²) >= 11 is 0. The number of benzene rings is 1. The van der Waals surface area contributed by atoms with Crippen molar-refractivity contribution in [3.05, 3.63) is 69.0 Å². The molecule has 0 bridgehead atoms. The minimum atomic E-state index is -0.647. The molecule has 0 N–H and O–H groups in total. The molecule has 0 radical (unpaired) electrons. The Kier molecular flexibility index (Phi) is 2.74. The second kappa shape index (κ2) is 4.21. The second-order valence-corrected chi connectivity index (χ2v) is 3.55. The Balaban J connectivity index is 2.64. The van der Waals surface area contributed by atoms with Crippen LogP contribution in [-0.4, -0.2) is 15.0 Å². The highest BCUT2D eigenvalue weighted by molar-refractivity contribution is 5.95. The highest BCUT2D eigenvalue weighted by atomic mass is 16.2. The first kappa shape index (κ1) is 11.1. The number of hydrogen-bond donors (Lipinski definition) is 0. The molecule has 0 atom stereocenters. The van der Waals surface area contributed by atoms with Crippen molar-refractivity contribution in [2.24, 2.45) is 7.05 Å². The van der Waals surface area contributed by atoms with Crippen LogP contribution >= 0.6 is 0 Å². The third-order valence-corrected chi connectivity index (χ3v) is 2.38. The molecular weight excluding hydrogens is 220 g/mol. The Morgan fingerprint density at radius 3 is 2.35 bits per heavy atom. The van der Waals surface area contributed by atoms with Gasteiger partial charge in [-0.05, 0) is 12.1 Å². The zero-order valence-corrected chi connectivity index (χ0v) is 9.16. The number of hydrogen-bond acceptors (Lipinski definition) is 3. The van der Waals surface area contributed by atoms with E-state index >= 15 is 0 Å². The minimum Gasteiger partial charge on any atom is -0.303 e. The summed E-state index contributed by atoms with van der Waals surface area (Å²) < 4.78 is 1.80. The summed E-state index contributed by atoms with van der Waals surface area (Å²) in [6, 6.07) is 9.39. The zero-order valence-electron chi connectivity index (χ0n) is 9.16. The standard InChI is InChI=1S/C12H10N2O3/c1-13-8-7-10(15)14(12(13)17)11(16)9-5-3-2-4-6-9/h2-8H,1H3. The maximum absolute atomic E-state index is 12.0. The van der Waals surface area contributed by atoms with Crippen molar-refractivity contribution in [1.29, 1.82) is 0 Å². The van der Waals surface area contributed by atoms with Crippen LogP contribution in [0, 0.1) is 0 Å². The number of carbonyl (C=O) groups excluding carboxylic acids is 1. The van der Waals surface area contributed by atoms with Crippen LogP contribution in [0.5, 0.6) is 0 Å². The summed E-state index contributed by atoms with van der Waals surface area (Å²) in [5.41, 5.74) is -0.966. The summed E-state index contributed by atoms with van der Waals surface area (Å²) in [6.45, 7) is 0. The quantitative estimate of drug-likeness (QED) is 0.704. The van der Waals surface area contributed by atoms with Crippen molar-refractivity contribution in [2.75, 3.05) is 0 Å². The van der Waals surface area contributed by atoms with Crippen molar-refractivity contribution in [2.45, 2.75) is 0 Å². The molecule has 86 valence electrons. The van der Waals surface area contributed by atoms with Crippen LogP contribution in [0.4, 0.5) is 0 Å². The molecule has 0 saturated heterocycles. The van der Waals surface area contributed by atoms with Gasteiger partial charge >= 0.3 is 5.69 Å². The summed E-state index contributed by atoms with van der Waals surface area (Å²) in [5.74, 6) is -0.614. The number of nitrogens with zero attached hydrogens (tertiary/aromatic N) is 2. The van der Waals surface area contributed by atoms with Gasteiger partial charge in [0.05, 0.1) is 0 Å². The fourth-order valence-corrected chi connectivity index (χ4v) is 1.46. The number of aromatic nitrogens is 2. The van der Waals surface area contributed by atoms with Gasteiger partial charge in [-0.15, -0.1) is 0 Å². The SMILES string of the molecule is Cn1ccc(=O)n(C(=O)c2ccccc2)c1=O. The molecule has 1 heterocycles. The minimum absolute atomic E-state index is 0.304. The Bertz CT molecular complexity index is 668. The first-order valence-corrected chi connectivity index (χ1v) is 4.99. The van der Waals surface area contributed by atoms with Crippen LogP contribution in [0.1, 0.15) is 10.4 Å². The van der Waals surface area contributed by atoms with Gasteiger partial charge in [-0.1, -0.05) is 18.2 Å². The van der Waals surface area contributed by atoms with Crippen molar-refractivity contribution in [3.8, 4) is 0 Å². The smallest absolute Gasteiger partial charge is 0.303 e. The Morgan fingerprint density at radius 2 is 1.71 bits per heavy atom. The van der Waals surface area contributed by atoms with E-state index < -0.39 is 17.2 Å². The fourth-order valence-electron chi connectivity index (χ4n) is 1.46. The normalized spacial score (nSPS) is 10.2. The van der Waals surface area contributed by atoms with Gasteiger partial charge in [-0.2, -0.15) is 4.57 Å². The number of aryl methyl sites for hydroxylation is 1. The fraction of sp³-hybridized carbons (Fsp3) is 0.0833. The van der Waals surface area contributed by atoms with Gasteiger partial charge in [0.1, 0.15) is 0 Å². The largest absolute Gasteiger partial charge is 0.337 e. The van der Waals surface area contributed by atoms with E-state index in [-0.39, 0.29) is 0 Å². The summed E-state index contributed by atoms with van der Waals surface area (Å²) in [7, 11) is 1.48. The molecule has 17 heavy (non-hydrogen) atoms. The molecule has 1 aromatic heterocycles. The molecular formula is C12H10N2O3. The summed E-state index contributed by atoms with van der Waals surface area (Å²) in [6.07, 6.45) is 1.33. The third-order valence-electron chi connectivity index (χ3n) is 2.38. The van der Waals surface area contributed by atoms with Crippen LogP contribution in [0.3, 0.4) is 0 Å². The van der Waals surface area contributed by atoms with Gasteiger partial charge in [0.2, 0.25) is 0 Å². The van der Waals surface area contributed by atoms with Crippen molar-refractivity contribution in [1.82, 2.24) is 9.13 Å². The molecule has 0 amide bonds. The van der Waals surface area contributed by atoms with Gasteiger partial charge in [0, 0.05) is 24.9 Å². The average molecular weight is 230 g/mol. The Hall–Kier alpha value is -2.43. The van der Waals surface area contributed by atoms with Crippen LogP contribution < -0.4 is 11.2 Å². The van der Waals surface area contributed by atoms with E-state index in [4.69, 9.17) is 0 Å². The van der Waals surface area contributed by atoms with E-state index in [1.807, 2.05) is 0 Å². The molecule has 0 fully saturated rings. The highest BCUT2D eigenvalue weighted by Gasteiger charge is 2.13. The van der Waals surface area contributed by atoms with Crippen molar-refractivity contribution >= 4 is 5.91 Å². The molecule has 0 aliphatic rings. The van der Waals surface area contributed by atoms with Gasteiger partial charge in [0.15, 0.2) is 0 Å². The highest BCUT2D eigenvalue weighted by Crippen LogP contribution is 1.98. The van der Waals surface area contributed by atoms with E-state index in [2.05, 4.69) is 0 Å². The lowest BCUT2D eigenvalue weighted by molar-refractivity contribution is 0.0949. The third kappa shape index (κ3) is 1.94. The molecule has 0 unspecified atom stereocenters. The average Bonchev–Trinajstić information content (AvgIpc) is 2.35. The molecule has 0 aliphatic heterocycles. The van der Waals surface area contributed by atoms with E-state index in [0.717, 1.165) is 0 Å². The lowest BCUT2D eigenvalue weighted by atomic mass is 10.2. The first-order valence-electron chi connectivity index (χ1n) is 4.99. The van der Waals surface area contributed by atoms with Gasteiger partial charge < -0.3 is 4.57 Å². The van der Waals surface area contributed by atoms with E-state index in [1.54, 1.807) is 30.3 Å². The molecule has 5 heteroatoms. The van der Waals surface area contributed by atoms with Crippen molar-refractivity contribution in [3.63, 3.8) is 0 Å². The molecule has 2 aromatic rings.